The van der Waals surface area contributed by atoms with Gasteiger partial charge in [-0.25, -0.2) is 0 Å². The standard InChI is InChI=1S/C52H32N2O2/c1-2-16-38-33(13-1)27-29-42-51-37(20-12-26-50(51)56-52(38)42)34-14-11-15-35(31-34)53(36-28-30-49-43(32-36)41-19-5-10-25-48(41)55-49)46-23-8-9-24-47(46)54-44-21-6-3-17-39(44)40-18-4-7-22-45(40)54/h1-32H. The highest BCUT2D eigenvalue weighted by Crippen LogP contribution is 2.45. The quantitative estimate of drug-likeness (QED) is 0.178. The maximum absolute atomic E-state index is 6.62. The zero-order valence-electron chi connectivity index (χ0n) is 30.2. The Labute approximate surface area is 321 Å². The van der Waals surface area contributed by atoms with Gasteiger partial charge >= 0.3 is 0 Å². The SMILES string of the molecule is c1cc(-c2cccc3oc4c5ccccc5ccc4c23)cc(N(c2ccc3oc4ccccc4c3c2)c2ccccc2-n2c3ccccc3c3ccccc32)c1. The van der Waals surface area contributed by atoms with Crippen molar-refractivity contribution in [3.05, 3.63) is 194 Å². The van der Waals surface area contributed by atoms with E-state index >= 15 is 0 Å². The maximum atomic E-state index is 6.62. The number of aromatic nitrogens is 1. The van der Waals surface area contributed by atoms with Crippen molar-refractivity contribution in [2.45, 2.75) is 0 Å². The summed E-state index contributed by atoms with van der Waals surface area (Å²) in [5, 5.41) is 9.16. The van der Waals surface area contributed by atoms with Crippen LogP contribution in [0.2, 0.25) is 0 Å². The van der Waals surface area contributed by atoms with E-state index in [4.69, 9.17) is 8.83 Å². The Kier molecular flexibility index (Phi) is 6.60. The summed E-state index contributed by atoms with van der Waals surface area (Å²) in [6, 6.07) is 69.1. The summed E-state index contributed by atoms with van der Waals surface area (Å²) in [5.41, 5.74) is 12.3. The fraction of sp³-hybridized carbons (Fsp3) is 0. The Bertz CT molecular complexity index is 3460. The molecule has 12 rings (SSSR count). The van der Waals surface area contributed by atoms with E-state index in [0.717, 1.165) is 94.2 Å². The van der Waals surface area contributed by atoms with Gasteiger partial charge in [-0.15, -0.1) is 0 Å². The molecule has 0 radical (unpaired) electrons. The van der Waals surface area contributed by atoms with Gasteiger partial charge < -0.3 is 18.3 Å². The summed E-state index contributed by atoms with van der Waals surface area (Å²) in [6.45, 7) is 0. The van der Waals surface area contributed by atoms with Crippen LogP contribution < -0.4 is 4.90 Å². The average molecular weight is 717 g/mol. The second-order valence-electron chi connectivity index (χ2n) is 14.5. The van der Waals surface area contributed by atoms with Crippen molar-refractivity contribution >= 4 is 93.5 Å². The van der Waals surface area contributed by atoms with Crippen LogP contribution in [0.3, 0.4) is 0 Å². The summed E-state index contributed by atoms with van der Waals surface area (Å²) >= 11 is 0. The van der Waals surface area contributed by atoms with Gasteiger partial charge in [-0.05, 0) is 89.3 Å². The summed E-state index contributed by atoms with van der Waals surface area (Å²) in [4.78, 5) is 2.39. The fourth-order valence-electron chi connectivity index (χ4n) is 8.91. The van der Waals surface area contributed by atoms with E-state index in [1.165, 1.54) is 16.2 Å². The maximum Gasteiger partial charge on any atom is 0.143 e. The summed E-state index contributed by atoms with van der Waals surface area (Å²) < 4.78 is 15.3. The molecule has 0 unspecified atom stereocenters. The molecule has 0 fully saturated rings. The molecule has 0 bridgehead atoms. The first-order valence-corrected chi connectivity index (χ1v) is 19.0. The molecular weight excluding hydrogens is 685 g/mol. The molecule has 0 saturated heterocycles. The molecule has 3 aromatic heterocycles. The van der Waals surface area contributed by atoms with Gasteiger partial charge in [-0.2, -0.15) is 0 Å². The van der Waals surface area contributed by atoms with Gasteiger partial charge in [0.25, 0.3) is 0 Å². The number of benzene rings is 9. The van der Waals surface area contributed by atoms with Crippen molar-refractivity contribution in [2.75, 3.05) is 4.90 Å². The van der Waals surface area contributed by atoms with E-state index < -0.39 is 0 Å². The average Bonchev–Trinajstić information content (AvgIpc) is 3.94. The second-order valence-corrected chi connectivity index (χ2v) is 14.5. The fourth-order valence-corrected chi connectivity index (χ4v) is 8.91. The van der Waals surface area contributed by atoms with E-state index in [2.05, 4.69) is 191 Å². The molecule has 0 aliphatic carbocycles. The van der Waals surface area contributed by atoms with Crippen molar-refractivity contribution in [3.8, 4) is 16.8 Å². The van der Waals surface area contributed by atoms with Gasteiger partial charge in [0.1, 0.15) is 22.3 Å². The number of para-hydroxylation sites is 5. The lowest BCUT2D eigenvalue weighted by molar-refractivity contribution is 0.669. The number of hydrogen-bond acceptors (Lipinski definition) is 3. The van der Waals surface area contributed by atoms with Crippen molar-refractivity contribution in [1.82, 2.24) is 4.57 Å². The first-order valence-electron chi connectivity index (χ1n) is 19.0. The van der Waals surface area contributed by atoms with Crippen LogP contribution in [0.1, 0.15) is 0 Å². The van der Waals surface area contributed by atoms with Crippen LogP contribution in [0, 0.1) is 0 Å². The van der Waals surface area contributed by atoms with Crippen LogP contribution in [0.15, 0.2) is 203 Å². The first-order chi connectivity index (χ1) is 27.8. The summed E-state index contributed by atoms with van der Waals surface area (Å²) in [7, 11) is 0. The molecule has 0 amide bonds. The van der Waals surface area contributed by atoms with Crippen molar-refractivity contribution in [1.29, 1.82) is 0 Å². The number of rotatable bonds is 5. The molecule has 3 heterocycles. The van der Waals surface area contributed by atoms with Crippen LogP contribution in [-0.4, -0.2) is 4.57 Å². The minimum atomic E-state index is 0.866. The van der Waals surface area contributed by atoms with Gasteiger partial charge in [0, 0.05) is 49.1 Å². The normalized spacial score (nSPS) is 11.9. The van der Waals surface area contributed by atoms with E-state index in [-0.39, 0.29) is 0 Å². The predicted molar refractivity (Wildman–Crippen MR) is 233 cm³/mol. The monoisotopic (exact) mass is 716 g/mol. The van der Waals surface area contributed by atoms with Crippen molar-refractivity contribution in [2.24, 2.45) is 0 Å². The molecule has 4 nitrogen and oxygen atoms in total. The van der Waals surface area contributed by atoms with Crippen molar-refractivity contribution < 1.29 is 8.83 Å². The minimum absolute atomic E-state index is 0.866. The zero-order valence-corrected chi connectivity index (χ0v) is 30.2. The molecule has 4 heteroatoms. The smallest absolute Gasteiger partial charge is 0.143 e. The van der Waals surface area contributed by atoms with E-state index in [1.807, 2.05) is 12.1 Å². The Morgan fingerprint density at radius 3 is 1.91 bits per heavy atom. The molecule has 0 aliphatic rings. The third kappa shape index (κ3) is 4.53. The summed E-state index contributed by atoms with van der Waals surface area (Å²) in [5.74, 6) is 0. The van der Waals surface area contributed by atoms with Gasteiger partial charge in [-0.3, -0.25) is 0 Å². The number of anilines is 3. The Morgan fingerprint density at radius 1 is 0.393 bits per heavy atom. The molecule has 0 spiro atoms. The first kappa shape index (κ1) is 30.9. The zero-order chi connectivity index (χ0) is 36.7. The lowest BCUT2D eigenvalue weighted by Crippen LogP contribution is -2.13. The largest absolute Gasteiger partial charge is 0.456 e. The lowest BCUT2D eigenvalue weighted by Gasteiger charge is -2.29. The minimum Gasteiger partial charge on any atom is -0.456 e. The van der Waals surface area contributed by atoms with Gasteiger partial charge in [-0.1, -0.05) is 121 Å². The number of hydrogen-bond donors (Lipinski definition) is 0. The van der Waals surface area contributed by atoms with Crippen LogP contribution in [0.25, 0.3) is 93.3 Å². The van der Waals surface area contributed by atoms with Crippen molar-refractivity contribution in [3.63, 3.8) is 0 Å². The van der Waals surface area contributed by atoms with Gasteiger partial charge in [0.05, 0.1) is 22.4 Å². The number of nitrogens with zero attached hydrogens (tertiary/aromatic N) is 2. The molecule has 9 aromatic carbocycles. The molecule has 12 aromatic rings. The van der Waals surface area contributed by atoms with Gasteiger partial charge in [0.15, 0.2) is 0 Å². The van der Waals surface area contributed by atoms with Gasteiger partial charge in [0.2, 0.25) is 0 Å². The third-order valence-corrected chi connectivity index (χ3v) is 11.4. The summed E-state index contributed by atoms with van der Waals surface area (Å²) in [6.07, 6.45) is 0. The molecule has 0 N–H and O–H groups in total. The highest BCUT2D eigenvalue weighted by atomic mass is 16.3. The highest BCUT2D eigenvalue weighted by molar-refractivity contribution is 6.19. The van der Waals surface area contributed by atoms with Crippen LogP contribution in [-0.2, 0) is 0 Å². The molecule has 0 aliphatic heterocycles. The number of fused-ring (bicyclic) bond motifs is 11. The molecule has 262 valence electrons. The molecular formula is C52H32N2O2. The predicted octanol–water partition coefficient (Wildman–Crippen LogP) is 14.9. The van der Waals surface area contributed by atoms with E-state index in [0.29, 0.717) is 0 Å². The number of furan rings is 2. The lowest BCUT2D eigenvalue weighted by atomic mass is 9.97. The Morgan fingerprint density at radius 2 is 1.05 bits per heavy atom. The second kappa shape index (κ2) is 12.0. The van der Waals surface area contributed by atoms with Crippen LogP contribution in [0.4, 0.5) is 17.1 Å². The van der Waals surface area contributed by atoms with E-state index in [1.54, 1.807) is 0 Å². The van der Waals surface area contributed by atoms with E-state index in [9.17, 15) is 0 Å². The van der Waals surface area contributed by atoms with Crippen LogP contribution in [0.5, 0.6) is 0 Å². The third-order valence-electron chi connectivity index (χ3n) is 11.4. The topological polar surface area (TPSA) is 34.5 Å². The molecule has 56 heavy (non-hydrogen) atoms. The van der Waals surface area contributed by atoms with Crippen LogP contribution >= 0.6 is 0 Å². The highest BCUT2D eigenvalue weighted by Gasteiger charge is 2.22. The Hall–Kier alpha value is -7.56. The molecule has 0 saturated carbocycles. The Balaban J connectivity index is 1.12. The molecule has 0 atom stereocenters.